The lowest BCUT2D eigenvalue weighted by Crippen LogP contribution is -2.57. The first-order valence-corrected chi connectivity index (χ1v) is 12.9. The summed E-state index contributed by atoms with van der Waals surface area (Å²) in [6.07, 6.45) is 0.949. The number of phenols is 1. The molecule has 1 aromatic rings. The van der Waals surface area contributed by atoms with Gasteiger partial charge in [0.15, 0.2) is 0 Å². The first-order valence-electron chi connectivity index (χ1n) is 12.9. The summed E-state index contributed by atoms with van der Waals surface area (Å²) in [6.45, 7) is 4.03. The summed E-state index contributed by atoms with van der Waals surface area (Å²) in [5.41, 5.74) is 11.9. The Kier molecular flexibility index (Phi) is 14.5. The number of aromatic hydroxyl groups is 1. The van der Waals surface area contributed by atoms with Crippen LogP contribution in [0.5, 0.6) is 5.75 Å². The predicted octanol–water partition coefficient (Wildman–Crippen LogP) is -0.159. The van der Waals surface area contributed by atoms with Gasteiger partial charge in [0.05, 0.1) is 6.04 Å². The number of hydrogen-bond acceptors (Lipinski definition) is 8. The first-order chi connectivity index (χ1) is 18.3. The van der Waals surface area contributed by atoms with Gasteiger partial charge in [0, 0.05) is 12.8 Å². The van der Waals surface area contributed by atoms with Gasteiger partial charge in [-0.15, -0.1) is 0 Å². The highest BCUT2D eigenvalue weighted by Crippen LogP contribution is 2.13. The molecule has 0 heterocycles. The van der Waals surface area contributed by atoms with E-state index in [4.69, 9.17) is 16.6 Å². The number of nitrogens with two attached hydrogens (primary N) is 2. The number of carbonyl (C=O) groups is 5. The van der Waals surface area contributed by atoms with Crippen LogP contribution in [0.25, 0.3) is 0 Å². The van der Waals surface area contributed by atoms with Crippen LogP contribution in [0.3, 0.4) is 0 Å². The highest BCUT2D eigenvalue weighted by Gasteiger charge is 2.31. The Hall–Kier alpha value is -3.71. The van der Waals surface area contributed by atoms with Crippen LogP contribution in [0.15, 0.2) is 24.3 Å². The number of unbranched alkanes of at least 4 members (excludes halogenated alkanes) is 1. The van der Waals surface area contributed by atoms with Crippen LogP contribution in [0.4, 0.5) is 0 Å². The zero-order valence-corrected chi connectivity index (χ0v) is 22.4. The molecule has 1 aromatic carbocycles. The SMILES string of the molecule is CC(C)CC(NC(=O)C(Cc1ccc(O)cc1)NC(=O)C(CCC(=O)O)NC(=O)C(N)CCCCN)C(=O)O. The molecule has 0 fully saturated rings. The standard InChI is InChI=1S/C26H41N5O8/c1-15(2)13-21(26(38)39)31-25(37)20(14-16-6-8-17(32)9-7-16)30-24(36)19(10-11-22(33)34)29-23(35)18(28)5-3-4-12-27/h6-9,15,18-21,32H,3-5,10-14,27-28H2,1-2H3,(H,29,35)(H,30,36)(H,31,37)(H,33,34)(H,38,39). The van der Waals surface area contributed by atoms with Crippen molar-refractivity contribution in [3.05, 3.63) is 29.8 Å². The largest absolute Gasteiger partial charge is 0.508 e. The van der Waals surface area contributed by atoms with Crippen molar-refractivity contribution in [3.8, 4) is 5.75 Å². The summed E-state index contributed by atoms with van der Waals surface area (Å²) in [6, 6.07) is 1.14. The molecule has 10 N–H and O–H groups in total. The van der Waals surface area contributed by atoms with Crippen LogP contribution in [-0.4, -0.2) is 75.7 Å². The molecular weight excluding hydrogens is 510 g/mol. The molecule has 3 amide bonds. The number of phenolic OH excluding ortho intramolecular Hbond substituents is 1. The third kappa shape index (κ3) is 13.1. The van der Waals surface area contributed by atoms with Crippen molar-refractivity contribution in [2.45, 2.75) is 83.0 Å². The number of carboxylic acids is 2. The second-order valence-electron chi connectivity index (χ2n) is 9.85. The second-order valence-corrected chi connectivity index (χ2v) is 9.85. The van der Waals surface area contributed by atoms with Gasteiger partial charge in [0.2, 0.25) is 17.7 Å². The number of nitrogens with one attached hydrogen (secondary N) is 3. The number of carbonyl (C=O) groups excluding carboxylic acids is 3. The maximum atomic E-state index is 13.2. The summed E-state index contributed by atoms with van der Waals surface area (Å²) in [4.78, 5) is 61.8. The number of benzene rings is 1. The quantitative estimate of drug-likeness (QED) is 0.112. The van der Waals surface area contributed by atoms with Crippen molar-refractivity contribution in [1.29, 1.82) is 0 Å². The molecule has 0 saturated heterocycles. The zero-order valence-electron chi connectivity index (χ0n) is 22.4. The van der Waals surface area contributed by atoms with Crippen LogP contribution in [0.1, 0.15) is 57.9 Å². The Morgan fingerprint density at radius 2 is 1.38 bits per heavy atom. The highest BCUT2D eigenvalue weighted by molar-refractivity contribution is 5.94. The van der Waals surface area contributed by atoms with E-state index in [-0.39, 0.29) is 30.9 Å². The second kappa shape index (κ2) is 17.0. The van der Waals surface area contributed by atoms with Gasteiger partial charge in [-0.1, -0.05) is 32.4 Å². The zero-order chi connectivity index (χ0) is 29.5. The highest BCUT2D eigenvalue weighted by atomic mass is 16.4. The number of amides is 3. The topological polar surface area (TPSA) is 234 Å². The number of aliphatic carboxylic acids is 2. The van der Waals surface area contributed by atoms with Crippen molar-refractivity contribution in [2.75, 3.05) is 6.54 Å². The summed E-state index contributed by atoms with van der Waals surface area (Å²) in [5.74, 6) is -4.72. The van der Waals surface area contributed by atoms with E-state index in [9.17, 15) is 34.2 Å². The molecule has 0 aliphatic heterocycles. The van der Waals surface area contributed by atoms with Crippen LogP contribution < -0.4 is 27.4 Å². The molecule has 13 nitrogen and oxygen atoms in total. The van der Waals surface area contributed by atoms with Gasteiger partial charge in [-0.05, 0) is 55.8 Å². The van der Waals surface area contributed by atoms with E-state index < -0.39 is 60.2 Å². The number of carboxylic acid groups (broad SMARTS) is 2. The van der Waals surface area contributed by atoms with Crippen molar-refractivity contribution in [1.82, 2.24) is 16.0 Å². The van der Waals surface area contributed by atoms with Crippen molar-refractivity contribution in [2.24, 2.45) is 17.4 Å². The third-order valence-electron chi connectivity index (χ3n) is 5.92. The lowest BCUT2D eigenvalue weighted by molar-refractivity contribution is -0.142. The maximum absolute atomic E-state index is 13.2. The fourth-order valence-electron chi connectivity index (χ4n) is 3.77. The Bertz CT molecular complexity index is 970. The van der Waals surface area contributed by atoms with Gasteiger partial charge in [0.1, 0.15) is 23.9 Å². The van der Waals surface area contributed by atoms with Crippen LogP contribution in [0.2, 0.25) is 0 Å². The van der Waals surface area contributed by atoms with Crippen molar-refractivity contribution >= 4 is 29.7 Å². The van der Waals surface area contributed by atoms with Gasteiger partial charge in [0.25, 0.3) is 0 Å². The average molecular weight is 552 g/mol. The number of hydrogen-bond donors (Lipinski definition) is 8. The predicted molar refractivity (Wildman–Crippen MR) is 142 cm³/mol. The minimum atomic E-state index is -1.31. The van der Waals surface area contributed by atoms with Gasteiger partial charge in [-0.2, -0.15) is 0 Å². The van der Waals surface area contributed by atoms with Crippen LogP contribution in [0, 0.1) is 5.92 Å². The Labute approximate surface area is 227 Å². The molecular formula is C26H41N5O8. The molecule has 0 saturated carbocycles. The molecule has 0 aliphatic rings. The Balaban J connectivity index is 3.14. The fourth-order valence-corrected chi connectivity index (χ4v) is 3.77. The Morgan fingerprint density at radius 3 is 1.92 bits per heavy atom. The summed E-state index contributed by atoms with van der Waals surface area (Å²) in [5, 5.41) is 35.7. The summed E-state index contributed by atoms with van der Waals surface area (Å²) >= 11 is 0. The molecule has 13 heteroatoms. The lowest BCUT2D eigenvalue weighted by atomic mass is 10.0. The molecule has 0 radical (unpaired) electrons. The minimum absolute atomic E-state index is 0.00842. The normalized spacial score (nSPS) is 14.1. The monoisotopic (exact) mass is 551 g/mol. The van der Waals surface area contributed by atoms with E-state index >= 15 is 0 Å². The van der Waals surface area contributed by atoms with E-state index in [1.54, 1.807) is 13.8 Å². The number of rotatable bonds is 18. The van der Waals surface area contributed by atoms with E-state index in [2.05, 4.69) is 16.0 Å². The molecule has 218 valence electrons. The molecule has 39 heavy (non-hydrogen) atoms. The third-order valence-corrected chi connectivity index (χ3v) is 5.92. The van der Waals surface area contributed by atoms with Gasteiger partial charge in [-0.25, -0.2) is 4.79 Å². The van der Waals surface area contributed by atoms with Crippen LogP contribution in [-0.2, 0) is 30.4 Å². The fraction of sp³-hybridized carbons (Fsp3) is 0.577. The molecule has 4 unspecified atom stereocenters. The maximum Gasteiger partial charge on any atom is 0.326 e. The van der Waals surface area contributed by atoms with Gasteiger partial charge < -0.3 is 42.7 Å². The molecule has 4 atom stereocenters. The minimum Gasteiger partial charge on any atom is -0.508 e. The van der Waals surface area contributed by atoms with Gasteiger partial charge in [-0.3, -0.25) is 19.2 Å². The van der Waals surface area contributed by atoms with Crippen molar-refractivity contribution in [3.63, 3.8) is 0 Å². The average Bonchev–Trinajstić information content (AvgIpc) is 2.86. The van der Waals surface area contributed by atoms with Crippen molar-refractivity contribution < 1.29 is 39.3 Å². The lowest BCUT2D eigenvalue weighted by Gasteiger charge is -2.25. The Morgan fingerprint density at radius 1 is 0.821 bits per heavy atom. The molecule has 0 aliphatic carbocycles. The smallest absolute Gasteiger partial charge is 0.326 e. The summed E-state index contributed by atoms with van der Waals surface area (Å²) < 4.78 is 0. The van der Waals surface area contributed by atoms with E-state index in [0.717, 1.165) is 0 Å². The van der Waals surface area contributed by atoms with E-state index in [1.165, 1.54) is 24.3 Å². The van der Waals surface area contributed by atoms with E-state index in [1.807, 2.05) is 0 Å². The molecule has 0 aromatic heterocycles. The molecule has 1 rings (SSSR count). The van der Waals surface area contributed by atoms with Crippen LogP contribution >= 0.6 is 0 Å². The molecule has 0 spiro atoms. The molecule has 0 bridgehead atoms. The van der Waals surface area contributed by atoms with E-state index in [0.29, 0.717) is 31.4 Å². The first kappa shape index (κ1) is 33.3. The summed E-state index contributed by atoms with van der Waals surface area (Å²) in [7, 11) is 0. The van der Waals surface area contributed by atoms with Gasteiger partial charge >= 0.3 is 11.9 Å².